The van der Waals surface area contributed by atoms with Gasteiger partial charge in [-0.1, -0.05) is 30.0 Å². The molecule has 150 valence electrons. The fourth-order valence-electron chi connectivity index (χ4n) is 3.13. The van der Waals surface area contributed by atoms with Crippen LogP contribution in [-0.2, 0) is 20.8 Å². The summed E-state index contributed by atoms with van der Waals surface area (Å²) in [5.74, 6) is -1.26. The number of hydrogen-bond acceptors (Lipinski definition) is 6. The van der Waals surface area contributed by atoms with Crippen LogP contribution in [0.3, 0.4) is 0 Å². The fourth-order valence-corrected chi connectivity index (χ4v) is 7.04. The third kappa shape index (κ3) is 4.21. The maximum absolute atomic E-state index is 12.7. The number of nitrogens with one attached hydrogen (secondary N) is 1. The second-order valence-electron chi connectivity index (χ2n) is 6.32. The smallest absolute Gasteiger partial charge is 0.353 e. The number of carbonyl (C=O) groups excluding carboxylic acids is 2. The van der Waals surface area contributed by atoms with E-state index in [9.17, 15) is 19.5 Å². The van der Waals surface area contributed by atoms with Crippen molar-refractivity contribution in [3.8, 4) is 0 Å². The van der Waals surface area contributed by atoms with Crippen molar-refractivity contribution >= 4 is 75.2 Å². The first-order chi connectivity index (χ1) is 14.0. The average Bonchev–Trinajstić information content (AvgIpc) is 3.20. The molecule has 1 saturated heterocycles. The molecule has 0 saturated carbocycles. The maximum Gasteiger partial charge on any atom is 0.353 e. The van der Waals surface area contributed by atoms with Crippen molar-refractivity contribution in [3.05, 3.63) is 60.8 Å². The van der Waals surface area contributed by atoms with Crippen molar-refractivity contribution in [3.63, 3.8) is 0 Å². The molecule has 2 atom stereocenters. The SMILES string of the molecule is O=C(Cc1cccs1)N[C@@H]1C(=O)N2C(C(=O)O)=C(Sc3ccccc3I)CS[C@@H]12. The summed E-state index contributed by atoms with van der Waals surface area (Å²) >= 11 is 6.55. The molecule has 6 nitrogen and oxygen atoms in total. The van der Waals surface area contributed by atoms with Crippen LogP contribution in [0.5, 0.6) is 0 Å². The standard InChI is InChI=1S/C19H15IN2O4S3/c20-11-5-1-2-6-12(11)29-13-9-28-18-15(17(24)22(18)16(13)19(25)26)21-14(23)8-10-4-3-7-27-10/h1-7,15,18H,8-9H2,(H,21,23)(H,25,26)/t15-,18+/m1/s1. The Bertz CT molecular complexity index is 1010. The molecule has 0 spiro atoms. The lowest BCUT2D eigenvalue weighted by Gasteiger charge is -2.49. The largest absolute Gasteiger partial charge is 0.477 e. The van der Waals surface area contributed by atoms with Gasteiger partial charge in [0.1, 0.15) is 17.1 Å². The number of fused-ring (bicyclic) bond motifs is 1. The molecule has 1 fully saturated rings. The number of hydrogen-bond donors (Lipinski definition) is 2. The zero-order valence-electron chi connectivity index (χ0n) is 14.8. The van der Waals surface area contributed by atoms with Crippen molar-refractivity contribution in [1.29, 1.82) is 0 Å². The molecule has 29 heavy (non-hydrogen) atoms. The molecule has 1 aromatic carbocycles. The van der Waals surface area contributed by atoms with Gasteiger partial charge in [-0.15, -0.1) is 23.1 Å². The molecule has 0 bridgehead atoms. The summed E-state index contributed by atoms with van der Waals surface area (Å²) in [5, 5.41) is 14.0. The minimum Gasteiger partial charge on any atom is -0.477 e. The van der Waals surface area contributed by atoms with E-state index in [2.05, 4.69) is 27.9 Å². The van der Waals surface area contributed by atoms with Crippen LogP contribution in [0, 0.1) is 3.57 Å². The van der Waals surface area contributed by atoms with E-state index in [1.165, 1.54) is 39.8 Å². The van der Waals surface area contributed by atoms with E-state index in [4.69, 9.17) is 0 Å². The van der Waals surface area contributed by atoms with Gasteiger partial charge in [-0.3, -0.25) is 14.5 Å². The molecule has 4 rings (SSSR count). The predicted molar refractivity (Wildman–Crippen MR) is 123 cm³/mol. The number of amides is 2. The topological polar surface area (TPSA) is 86.7 Å². The Morgan fingerprint density at radius 3 is 2.76 bits per heavy atom. The molecule has 2 N–H and O–H groups in total. The Hall–Kier alpha value is -1.50. The van der Waals surface area contributed by atoms with E-state index in [0.717, 1.165) is 13.3 Å². The van der Waals surface area contributed by atoms with Crippen LogP contribution in [0.25, 0.3) is 0 Å². The Kier molecular flexibility index (Phi) is 6.23. The summed E-state index contributed by atoms with van der Waals surface area (Å²) in [6.45, 7) is 0. The third-order valence-electron chi connectivity index (χ3n) is 4.44. The summed E-state index contributed by atoms with van der Waals surface area (Å²) in [6.07, 6.45) is 0.216. The normalized spacial score (nSPS) is 20.9. The first-order valence-corrected chi connectivity index (χ1v) is 12.4. The van der Waals surface area contributed by atoms with E-state index >= 15 is 0 Å². The highest BCUT2D eigenvalue weighted by atomic mass is 127. The highest BCUT2D eigenvalue weighted by molar-refractivity contribution is 14.1. The summed E-state index contributed by atoms with van der Waals surface area (Å²) in [7, 11) is 0. The van der Waals surface area contributed by atoms with Gasteiger partial charge in [-0.05, 0) is 46.2 Å². The molecule has 0 unspecified atom stereocenters. The molecular formula is C19H15IN2O4S3. The van der Waals surface area contributed by atoms with Crippen LogP contribution in [0.15, 0.2) is 57.3 Å². The van der Waals surface area contributed by atoms with Gasteiger partial charge in [0.15, 0.2) is 0 Å². The molecule has 0 aliphatic carbocycles. The van der Waals surface area contributed by atoms with E-state index in [1.54, 1.807) is 0 Å². The van der Waals surface area contributed by atoms with Crippen molar-refractivity contribution in [2.75, 3.05) is 5.75 Å². The predicted octanol–water partition coefficient (Wildman–Crippen LogP) is 3.38. The van der Waals surface area contributed by atoms with E-state index < -0.39 is 12.0 Å². The van der Waals surface area contributed by atoms with Gasteiger partial charge in [0, 0.05) is 24.0 Å². The number of carboxylic acid groups (broad SMARTS) is 1. The first-order valence-electron chi connectivity index (χ1n) is 8.61. The maximum atomic E-state index is 12.7. The molecule has 2 aromatic rings. The first kappa shape index (κ1) is 20.8. The molecule has 10 heteroatoms. The van der Waals surface area contributed by atoms with Crippen LogP contribution < -0.4 is 5.32 Å². The molecule has 2 aliphatic heterocycles. The third-order valence-corrected chi connectivity index (χ3v) is 9.24. The second-order valence-corrected chi connectivity index (χ2v) is 10.8. The van der Waals surface area contributed by atoms with Gasteiger partial charge in [0.05, 0.1) is 6.42 Å². The highest BCUT2D eigenvalue weighted by Crippen LogP contribution is 2.45. The number of nitrogens with zero attached hydrogens (tertiary/aromatic N) is 1. The van der Waals surface area contributed by atoms with Crippen LogP contribution in [0.4, 0.5) is 0 Å². The molecule has 2 aliphatic rings. The number of β-lactam (4-membered cyclic amide) rings is 1. The van der Waals surface area contributed by atoms with Crippen LogP contribution in [0.1, 0.15) is 4.88 Å². The van der Waals surface area contributed by atoms with E-state index in [1.807, 2.05) is 41.8 Å². The number of thiophene rings is 1. The van der Waals surface area contributed by atoms with Gasteiger partial charge in [0.25, 0.3) is 5.91 Å². The van der Waals surface area contributed by atoms with Crippen LogP contribution in [0.2, 0.25) is 0 Å². The van der Waals surface area contributed by atoms with Crippen molar-refractivity contribution < 1.29 is 19.5 Å². The second kappa shape index (κ2) is 8.70. The molecule has 2 amide bonds. The van der Waals surface area contributed by atoms with Crippen molar-refractivity contribution in [2.24, 2.45) is 0 Å². The number of benzene rings is 1. The Morgan fingerprint density at radius 2 is 2.07 bits per heavy atom. The number of thioether (sulfide) groups is 2. The quantitative estimate of drug-likeness (QED) is 0.418. The number of aliphatic carboxylic acids is 1. The summed E-state index contributed by atoms with van der Waals surface area (Å²) in [5.41, 5.74) is 0.0205. The molecule has 0 radical (unpaired) electrons. The summed E-state index contributed by atoms with van der Waals surface area (Å²) in [4.78, 5) is 40.8. The van der Waals surface area contributed by atoms with Gasteiger partial charge in [-0.25, -0.2) is 4.79 Å². The van der Waals surface area contributed by atoms with E-state index in [-0.39, 0.29) is 29.3 Å². The van der Waals surface area contributed by atoms with Crippen molar-refractivity contribution in [1.82, 2.24) is 10.2 Å². The fraction of sp³-hybridized carbons (Fsp3) is 0.211. The van der Waals surface area contributed by atoms with Gasteiger partial charge in [-0.2, -0.15) is 0 Å². The minimum absolute atomic E-state index is 0.0205. The Labute approximate surface area is 193 Å². The van der Waals surface area contributed by atoms with E-state index in [0.29, 0.717) is 10.7 Å². The monoisotopic (exact) mass is 558 g/mol. The zero-order chi connectivity index (χ0) is 20.5. The lowest BCUT2D eigenvalue weighted by atomic mass is 10.0. The molecular weight excluding hydrogens is 543 g/mol. The number of carboxylic acids is 1. The highest BCUT2D eigenvalue weighted by Gasteiger charge is 2.54. The summed E-state index contributed by atoms with van der Waals surface area (Å²) in [6, 6.07) is 10.8. The summed E-state index contributed by atoms with van der Waals surface area (Å²) < 4.78 is 1.02. The lowest BCUT2D eigenvalue weighted by molar-refractivity contribution is -0.150. The molecule has 3 heterocycles. The lowest BCUT2D eigenvalue weighted by Crippen LogP contribution is -2.70. The van der Waals surface area contributed by atoms with Crippen LogP contribution >= 0.6 is 57.5 Å². The minimum atomic E-state index is -1.12. The van der Waals surface area contributed by atoms with Gasteiger partial charge >= 0.3 is 5.97 Å². The Morgan fingerprint density at radius 1 is 1.28 bits per heavy atom. The number of halogens is 1. The Balaban J connectivity index is 1.51. The van der Waals surface area contributed by atoms with Gasteiger partial charge in [0.2, 0.25) is 5.91 Å². The zero-order valence-corrected chi connectivity index (χ0v) is 19.4. The number of rotatable bonds is 6. The number of carbonyl (C=O) groups is 3. The van der Waals surface area contributed by atoms with Gasteiger partial charge < -0.3 is 10.4 Å². The van der Waals surface area contributed by atoms with Crippen molar-refractivity contribution in [2.45, 2.75) is 22.7 Å². The molecule has 1 aromatic heterocycles. The van der Waals surface area contributed by atoms with Crippen LogP contribution in [-0.4, -0.2) is 45.0 Å². The average molecular weight is 558 g/mol.